The van der Waals surface area contributed by atoms with Gasteiger partial charge in [-0.05, 0) is 56.6 Å². The molecule has 0 saturated heterocycles. The van der Waals surface area contributed by atoms with Crippen LogP contribution in [0.1, 0.15) is 71.0 Å². The summed E-state index contributed by atoms with van der Waals surface area (Å²) in [6, 6.07) is 20.7. The number of hydrogen-bond donors (Lipinski definition) is 0. The number of ketones is 2. The Morgan fingerprint density at radius 3 is 1.46 bits per heavy atom. The zero-order chi connectivity index (χ0) is 30.9. The van der Waals surface area contributed by atoms with Crippen LogP contribution in [0.5, 0.6) is 0 Å². The molecular formula is C32H38ClLiNO5S+. The molecule has 0 aliphatic carbocycles. The molecule has 214 valence electrons. The van der Waals surface area contributed by atoms with Crippen molar-refractivity contribution in [2.45, 2.75) is 64.7 Å². The number of unbranched alkanes of at least 4 members (excludes halogenated alkanes) is 1. The smallest absolute Gasteiger partial charge is 0.343 e. The predicted molar refractivity (Wildman–Crippen MR) is 164 cm³/mol. The van der Waals surface area contributed by atoms with Gasteiger partial charge in [-0.3, -0.25) is 14.4 Å². The van der Waals surface area contributed by atoms with Crippen LogP contribution in [0, 0.1) is 34.3 Å². The number of carbonyl (C=O) groups excluding carboxylic acids is 3. The van der Waals surface area contributed by atoms with Crippen LogP contribution in [0.2, 0.25) is 0 Å². The van der Waals surface area contributed by atoms with Crippen molar-refractivity contribution in [3.8, 4) is 6.57 Å². The van der Waals surface area contributed by atoms with Gasteiger partial charge in [0.05, 0.1) is 4.90 Å². The summed E-state index contributed by atoms with van der Waals surface area (Å²) >= 11 is 5.22. The van der Waals surface area contributed by atoms with E-state index < -0.39 is 32.0 Å². The minimum atomic E-state index is -3.40. The minimum absolute atomic E-state index is 0. The van der Waals surface area contributed by atoms with Crippen molar-refractivity contribution in [3.63, 3.8) is 0 Å². The van der Waals surface area contributed by atoms with Crippen LogP contribution < -0.4 is 18.9 Å². The summed E-state index contributed by atoms with van der Waals surface area (Å²) < 4.78 is 23.4. The van der Waals surface area contributed by atoms with Gasteiger partial charge < -0.3 is 6.92 Å². The summed E-state index contributed by atoms with van der Waals surface area (Å²) in [4.78, 5) is 35.8. The Labute approximate surface area is 262 Å². The fourth-order valence-corrected chi connectivity index (χ4v) is 3.79. The molecule has 0 spiro atoms. The molecule has 6 nitrogen and oxygen atoms in total. The topological polar surface area (TPSA) is 89.7 Å². The maximum absolute atomic E-state index is 11.7. The van der Waals surface area contributed by atoms with Crippen molar-refractivity contribution in [2.75, 3.05) is 0 Å². The Bertz CT molecular complexity index is 1380. The van der Waals surface area contributed by atoms with Gasteiger partial charge in [0.25, 0.3) is 21.7 Å². The quantitative estimate of drug-likeness (QED) is 0.135. The monoisotopic (exact) mass is 590 g/mol. The van der Waals surface area contributed by atoms with E-state index in [1.54, 1.807) is 48.5 Å². The van der Waals surface area contributed by atoms with Crippen molar-refractivity contribution in [2.24, 2.45) is 0 Å². The molecule has 0 fully saturated rings. The van der Waals surface area contributed by atoms with E-state index in [1.165, 1.54) is 20.3 Å². The number of aryl methyl sites for hydroxylation is 3. The van der Waals surface area contributed by atoms with Crippen LogP contribution in [0.4, 0.5) is 0 Å². The summed E-state index contributed by atoms with van der Waals surface area (Å²) in [5.41, 5.74) is 4.23. The van der Waals surface area contributed by atoms with E-state index in [2.05, 4.69) is 18.7 Å². The van der Waals surface area contributed by atoms with E-state index >= 15 is 0 Å². The van der Waals surface area contributed by atoms with Crippen LogP contribution in [0.25, 0.3) is 4.85 Å². The molecule has 0 aromatic heterocycles. The predicted octanol–water partition coefficient (Wildman–Crippen LogP) is 4.84. The molecule has 0 aliphatic heterocycles. The molecule has 0 bridgehead atoms. The van der Waals surface area contributed by atoms with Gasteiger partial charge in [-0.2, -0.15) is 6.42 Å². The van der Waals surface area contributed by atoms with Gasteiger partial charge >= 0.3 is 24.2 Å². The molecule has 9 heteroatoms. The summed E-state index contributed by atoms with van der Waals surface area (Å²) in [5.74, 6) is -0.839. The molecule has 1 unspecified atom stereocenters. The first kappa shape index (κ1) is 40.1. The molecule has 0 amide bonds. The number of Topliss-reactive ketones (excluding diaryl/α,β-unsaturated/α-hetero) is 2. The van der Waals surface area contributed by atoms with E-state index in [0.29, 0.717) is 11.1 Å². The van der Waals surface area contributed by atoms with Crippen molar-refractivity contribution < 1.29 is 41.7 Å². The average Bonchev–Trinajstić information content (AvgIpc) is 2.93. The number of carbonyl (C=O) groups is 3. The number of benzene rings is 3. The van der Waals surface area contributed by atoms with Crippen LogP contribution in [0.3, 0.4) is 0 Å². The normalized spacial score (nSPS) is 10.3. The Hall–Kier alpha value is -3.00. The first-order valence-electron chi connectivity index (χ1n) is 12.6. The van der Waals surface area contributed by atoms with Gasteiger partial charge in [0, 0.05) is 25.0 Å². The first-order valence-corrected chi connectivity index (χ1v) is 14.5. The molecule has 3 aromatic rings. The molecular weight excluding hydrogens is 553 g/mol. The second-order valence-electron chi connectivity index (χ2n) is 8.85. The average molecular weight is 591 g/mol. The largest absolute Gasteiger partial charge is 1.00 e. The number of rotatable bonds is 6. The SMILES string of the molecule is C#[N+]C(C)S(=O)(=O)c1ccc(C)cc1.CC(=O)C(=O)c1ccc(C)cc1.Cc1ccc(C(=O)Cl)cc1.[CH2-]CCC.[Li+]. The Balaban J connectivity index is 0. The van der Waals surface area contributed by atoms with Crippen molar-refractivity contribution >= 4 is 38.2 Å². The Morgan fingerprint density at radius 2 is 1.17 bits per heavy atom. The molecule has 0 saturated carbocycles. The van der Waals surface area contributed by atoms with Crippen LogP contribution >= 0.6 is 11.6 Å². The first-order chi connectivity index (χ1) is 18.7. The fraction of sp³-hybridized carbons (Fsp3) is 0.281. The molecule has 0 aliphatic rings. The second kappa shape index (κ2) is 20.8. The van der Waals surface area contributed by atoms with Gasteiger partial charge in [-0.25, -0.2) is 8.42 Å². The van der Waals surface area contributed by atoms with E-state index in [-0.39, 0.29) is 23.8 Å². The standard InChI is InChI=1S/C10H12NO2S.C10H10O2.C8H7ClO.C4H9.Li/c1-8-4-6-10(7-5-8)14(12,13)9(2)11-3;1-7-3-5-9(6-4-7)10(12)8(2)11;1-6-2-4-7(5-3-6)8(9)10;1-3-4-2;/h3-7,9H,1-2H3;3-6H,1-2H3;2-5H,1H3;1,3-4H2,2H3;/q+1;;;-1;+1. The second-order valence-corrected chi connectivity index (χ2v) is 11.4. The molecule has 1 atom stereocenters. The molecule has 0 N–H and O–H groups in total. The van der Waals surface area contributed by atoms with Gasteiger partial charge in [0.15, 0.2) is 5.78 Å². The van der Waals surface area contributed by atoms with Gasteiger partial charge in [0.2, 0.25) is 5.78 Å². The van der Waals surface area contributed by atoms with Crippen molar-refractivity contribution in [3.05, 3.63) is 112 Å². The van der Waals surface area contributed by atoms with E-state index in [4.69, 9.17) is 18.2 Å². The number of halogens is 1. The van der Waals surface area contributed by atoms with Gasteiger partial charge in [-0.1, -0.05) is 83.4 Å². The summed E-state index contributed by atoms with van der Waals surface area (Å²) in [7, 11) is -3.40. The van der Waals surface area contributed by atoms with E-state index in [9.17, 15) is 22.8 Å². The Morgan fingerprint density at radius 1 is 0.829 bits per heavy atom. The van der Waals surface area contributed by atoms with Crippen molar-refractivity contribution in [1.29, 1.82) is 0 Å². The maximum Gasteiger partial charge on any atom is 1.00 e. The molecule has 3 rings (SSSR count). The van der Waals surface area contributed by atoms with Crippen LogP contribution in [0.15, 0.2) is 77.7 Å². The number of sulfone groups is 1. The summed E-state index contributed by atoms with van der Waals surface area (Å²) in [5, 5.41) is -1.30. The molecule has 41 heavy (non-hydrogen) atoms. The van der Waals surface area contributed by atoms with Crippen LogP contribution in [-0.2, 0) is 14.6 Å². The van der Waals surface area contributed by atoms with Crippen molar-refractivity contribution in [1.82, 2.24) is 0 Å². The van der Waals surface area contributed by atoms with Gasteiger partial charge in [-0.15, -0.1) is 0 Å². The number of hydrogen-bond acceptors (Lipinski definition) is 5. The number of nitrogens with zero attached hydrogens (tertiary/aromatic N) is 1. The third kappa shape index (κ3) is 15.5. The summed E-state index contributed by atoms with van der Waals surface area (Å²) in [6.45, 7) is 19.2. The summed E-state index contributed by atoms with van der Waals surface area (Å²) in [6.07, 6.45) is 2.28. The molecule has 0 heterocycles. The third-order valence-electron chi connectivity index (χ3n) is 5.27. The Kier molecular flexibility index (Phi) is 20.4. The zero-order valence-electron chi connectivity index (χ0n) is 25.0. The molecule has 0 radical (unpaired) electrons. The maximum atomic E-state index is 11.7. The third-order valence-corrected chi connectivity index (χ3v) is 7.44. The minimum Gasteiger partial charge on any atom is -0.343 e. The van der Waals surface area contributed by atoms with E-state index in [0.717, 1.165) is 23.1 Å². The fourth-order valence-electron chi connectivity index (χ4n) is 2.60. The van der Waals surface area contributed by atoms with Crippen LogP contribution in [-0.4, -0.2) is 30.6 Å². The van der Waals surface area contributed by atoms with Gasteiger partial charge in [0.1, 0.15) is 0 Å². The van der Waals surface area contributed by atoms with E-state index in [1.807, 2.05) is 45.0 Å². The molecule has 3 aromatic carbocycles. The zero-order valence-corrected chi connectivity index (χ0v) is 26.6.